The summed E-state index contributed by atoms with van der Waals surface area (Å²) in [6.45, 7) is 0. The smallest absolute Gasteiger partial charge is 0.274 e. The minimum atomic E-state index is -0.607. The molecule has 5 nitrogen and oxygen atoms in total. The number of non-ortho nitro benzene ring substituents is 1. The van der Waals surface area contributed by atoms with Gasteiger partial charge in [-0.2, -0.15) is 0 Å². The summed E-state index contributed by atoms with van der Waals surface area (Å²) in [7, 11) is 1.65. The summed E-state index contributed by atoms with van der Waals surface area (Å²) in [6, 6.07) is 3.70. The number of ether oxygens (including phenoxy) is 1. The Bertz CT molecular complexity index is 433. The minimum absolute atomic E-state index is 0.196. The number of methoxy groups -OCH3 is 1. The van der Waals surface area contributed by atoms with Crippen LogP contribution in [-0.4, -0.2) is 24.2 Å². The lowest BCUT2D eigenvalue weighted by Crippen LogP contribution is -2.40. The van der Waals surface area contributed by atoms with Crippen molar-refractivity contribution in [3.8, 4) is 0 Å². The van der Waals surface area contributed by atoms with Crippen LogP contribution in [-0.2, 0) is 4.74 Å². The molecule has 0 saturated heterocycles. The predicted molar refractivity (Wildman–Crippen MR) is 60.5 cm³/mol. The van der Waals surface area contributed by atoms with Crippen LogP contribution < -0.4 is 5.32 Å². The number of nitrogens with one attached hydrogen (secondary N) is 1. The number of rotatable bonds is 4. The molecular formula is C11H13FN2O3. The van der Waals surface area contributed by atoms with E-state index in [9.17, 15) is 14.5 Å². The molecule has 1 aromatic carbocycles. The summed E-state index contributed by atoms with van der Waals surface area (Å²) < 4.78 is 18.3. The number of anilines is 1. The molecule has 0 bridgehead atoms. The van der Waals surface area contributed by atoms with Crippen molar-refractivity contribution in [2.45, 2.75) is 25.0 Å². The lowest BCUT2D eigenvalue weighted by atomic mass is 9.89. The second-order valence-corrected chi connectivity index (χ2v) is 4.13. The van der Waals surface area contributed by atoms with Gasteiger partial charge in [0.25, 0.3) is 5.69 Å². The monoisotopic (exact) mass is 240 g/mol. The number of halogens is 1. The molecule has 1 saturated carbocycles. The molecule has 92 valence electrons. The van der Waals surface area contributed by atoms with Gasteiger partial charge in [0.2, 0.25) is 0 Å². The first kappa shape index (κ1) is 11.8. The standard InChI is InChI=1S/C11H13FN2O3/c1-17-11-5-9(6-11)13-8-2-7(12)3-10(4-8)14(15)16/h2-4,9,11,13H,5-6H2,1H3. The number of benzene rings is 1. The molecule has 1 fully saturated rings. The zero-order valence-corrected chi connectivity index (χ0v) is 9.35. The molecule has 1 aliphatic carbocycles. The van der Waals surface area contributed by atoms with Gasteiger partial charge in [-0.15, -0.1) is 0 Å². The van der Waals surface area contributed by atoms with Crippen LogP contribution in [0.3, 0.4) is 0 Å². The SMILES string of the molecule is COC1CC(Nc2cc(F)cc([N+](=O)[O-])c2)C1. The fourth-order valence-electron chi connectivity index (χ4n) is 1.87. The fourth-order valence-corrected chi connectivity index (χ4v) is 1.87. The van der Waals surface area contributed by atoms with Gasteiger partial charge in [-0.1, -0.05) is 0 Å². The summed E-state index contributed by atoms with van der Waals surface area (Å²) >= 11 is 0. The van der Waals surface area contributed by atoms with Crippen molar-refractivity contribution in [2.24, 2.45) is 0 Å². The quantitative estimate of drug-likeness (QED) is 0.648. The average Bonchev–Trinajstić information content (AvgIpc) is 2.21. The molecule has 0 atom stereocenters. The molecule has 1 aliphatic rings. The Morgan fingerprint density at radius 3 is 2.76 bits per heavy atom. The molecule has 1 aromatic rings. The first-order valence-electron chi connectivity index (χ1n) is 5.33. The van der Waals surface area contributed by atoms with E-state index < -0.39 is 10.7 Å². The maximum Gasteiger partial charge on any atom is 0.274 e. The van der Waals surface area contributed by atoms with Crippen molar-refractivity contribution in [1.29, 1.82) is 0 Å². The van der Waals surface area contributed by atoms with Crippen LogP contribution in [0.1, 0.15) is 12.8 Å². The van der Waals surface area contributed by atoms with Crippen LogP contribution in [0.25, 0.3) is 0 Å². The van der Waals surface area contributed by atoms with Crippen LogP contribution >= 0.6 is 0 Å². The Labute approximate surface area is 97.7 Å². The number of nitro groups is 1. The predicted octanol–water partition coefficient (Wildman–Crippen LogP) is 2.32. The molecule has 0 aliphatic heterocycles. The second-order valence-electron chi connectivity index (χ2n) is 4.13. The van der Waals surface area contributed by atoms with E-state index in [1.165, 1.54) is 12.1 Å². The van der Waals surface area contributed by atoms with E-state index in [-0.39, 0.29) is 17.8 Å². The molecule has 1 N–H and O–H groups in total. The Kier molecular flexibility index (Phi) is 3.23. The summed E-state index contributed by atoms with van der Waals surface area (Å²) in [5.74, 6) is -0.607. The van der Waals surface area contributed by atoms with Crippen molar-refractivity contribution >= 4 is 11.4 Å². The molecule has 6 heteroatoms. The number of nitro benzene ring substituents is 1. The number of nitrogens with zero attached hydrogens (tertiary/aromatic N) is 1. The first-order valence-corrected chi connectivity index (χ1v) is 5.33. The van der Waals surface area contributed by atoms with Gasteiger partial charge in [0, 0.05) is 24.9 Å². The van der Waals surface area contributed by atoms with Crippen molar-refractivity contribution in [3.05, 3.63) is 34.1 Å². The maximum absolute atomic E-state index is 13.1. The fraction of sp³-hybridized carbons (Fsp3) is 0.455. The third kappa shape index (κ3) is 2.71. The van der Waals surface area contributed by atoms with Gasteiger partial charge in [0.1, 0.15) is 5.82 Å². The van der Waals surface area contributed by atoms with E-state index in [1.807, 2.05) is 0 Å². The van der Waals surface area contributed by atoms with Crippen molar-refractivity contribution in [3.63, 3.8) is 0 Å². The molecule has 0 spiro atoms. The summed E-state index contributed by atoms with van der Waals surface area (Å²) in [4.78, 5) is 9.96. The molecule has 2 rings (SSSR count). The van der Waals surface area contributed by atoms with Crippen molar-refractivity contribution in [2.75, 3.05) is 12.4 Å². The largest absolute Gasteiger partial charge is 0.382 e. The van der Waals surface area contributed by atoms with Gasteiger partial charge >= 0.3 is 0 Å². The highest BCUT2D eigenvalue weighted by molar-refractivity contribution is 5.52. The lowest BCUT2D eigenvalue weighted by Gasteiger charge is -2.35. The van der Waals surface area contributed by atoms with E-state index in [1.54, 1.807) is 7.11 Å². The zero-order chi connectivity index (χ0) is 12.4. The lowest BCUT2D eigenvalue weighted by molar-refractivity contribution is -0.385. The van der Waals surface area contributed by atoms with Gasteiger partial charge in [-0.25, -0.2) is 4.39 Å². The van der Waals surface area contributed by atoms with Crippen LogP contribution in [0.15, 0.2) is 18.2 Å². The number of hydrogen-bond acceptors (Lipinski definition) is 4. The van der Waals surface area contributed by atoms with E-state index in [2.05, 4.69) is 5.32 Å². The highest BCUT2D eigenvalue weighted by Gasteiger charge is 2.29. The first-order chi connectivity index (χ1) is 8.08. The zero-order valence-electron chi connectivity index (χ0n) is 9.35. The Morgan fingerprint density at radius 1 is 1.47 bits per heavy atom. The summed E-state index contributed by atoms with van der Waals surface area (Å²) in [5.41, 5.74) is 0.200. The third-order valence-electron chi connectivity index (χ3n) is 2.89. The summed E-state index contributed by atoms with van der Waals surface area (Å²) in [6.07, 6.45) is 1.90. The second kappa shape index (κ2) is 4.67. The van der Waals surface area contributed by atoms with Gasteiger partial charge in [-0.05, 0) is 18.9 Å². The highest BCUT2D eigenvalue weighted by Crippen LogP contribution is 2.28. The van der Waals surface area contributed by atoms with Gasteiger partial charge in [0.15, 0.2) is 0 Å². The highest BCUT2D eigenvalue weighted by atomic mass is 19.1. The van der Waals surface area contributed by atoms with E-state index >= 15 is 0 Å². The van der Waals surface area contributed by atoms with Crippen LogP contribution in [0.2, 0.25) is 0 Å². The van der Waals surface area contributed by atoms with Crippen molar-refractivity contribution < 1.29 is 14.1 Å². The molecule has 0 unspecified atom stereocenters. The van der Waals surface area contributed by atoms with Crippen molar-refractivity contribution in [1.82, 2.24) is 0 Å². The van der Waals surface area contributed by atoms with Gasteiger partial charge in [0.05, 0.1) is 17.1 Å². The van der Waals surface area contributed by atoms with E-state index in [4.69, 9.17) is 4.74 Å². The molecule has 0 radical (unpaired) electrons. The third-order valence-corrected chi connectivity index (χ3v) is 2.89. The van der Waals surface area contributed by atoms with Crippen LogP contribution in [0.5, 0.6) is 0 Å². The maximum atomic E-state index is 13.1. The molecule has 0 aromatic heterocycles. The normalized spacial score (nSPS) is 22.9. The average molecular weight is 240 g/mol. The molecule has 0 heterocycles. The Balaban J connectivity index is 2.04. The van der Waals surface area contributed by atoms with Crippen LogP contribution in [0, 0.1) is 15.9 Å². The van der Waals surface area contributed by atoms with Gasteiger partial charge < -0.3 is 10.1 Å². The van der Waals surface area contributed by atoms with E-state index in [0.29, 0.717) is 5.69 Å². The minimum Gasteiger partial charge on any atom is -0.382 e. The van der Waals surface area contributed by atoms with Gasteiger partial charge in [-0.3, -0.25) is 10.1 Å². The van der Waals surface area contributed by atoms with Crippen LogP contribution in [0.4, 0.5) is 15.8 Å². The Hall–Kier alpha value is -1.69. The molecule has 17 heavy (non-hydrogen) atoms. The summed E-state index contributed by atoms with van der Waals surface area (Å²) in [5, 5.41) is 13.6. The number of hydrogen-bond donors (Lipinski definition) is 1. The molecular weight excluding hydrogens is 227 g/mol. The Morgan fingerprint density at radius 2 is 2.18 bits per heavy atom. The van der Waals surface area contributed by atoms with E-state index in [0.717, 1.165) is 18.9 Å². The topological polar surface area (TPSA) is 64.4 Å². The molecule has 0 amide bonds.